The number of fused-ring (bicyclic) bond motifs is 1. The number of benzene rings is 2. The minimum Gasteiger partial charge on any atom is -0.390 e. The molecule has 0 heterocycles. The summed E-state index contributed by atoms with van der Waals surface area (Å²) in [7, 11) is 0. The van der Waals surface area contributed by atoms with Gasteiger partial charge in [-0.1, -0.05) is 56.3 Å². The van der Waals surface area contributed by atoms with Gasteiger partial charge in [0.15, 0.2) is 0 Å². The molecule has 1 N–H and O–H groups in total. The van der Waals surface area contributed by atoms with Crippen LogP contribution in [-0.2, 0) is 6.42 Å². The van der Waals surface area contributed by atoms with Crippen LogP contribution in [0.1, 0.15) is 45.1 Å². The van der Waals surface area contributed by atoms with Crippen molar-refractivity contribution in [2.24, 2.45) is 5.41 Å². The summed E-state index contributed by atoms with van der Waals surface area (Å²) in [4.78, 5) is 0. The van der Waals surface area contributed by atoms with Gasteiger partial charge in [-0.25, -0.2) is 0 Å². The SMILES string of the molecule is CC1(C)CCC(O)(Cc2cccc3ccccc23)CC1. The van der Waals surface area contributed by atoms with Crippen molar-refractivity contribution >= 4 is 10.8 Å². The molecule has 0 unspecified atom stereocenters. The summed E-state index contributed by atoms with van der Waals surface area (Å²) in [5.41, 5.74) is 1.16. The van der Waals surface area contributed by atoms with E-state index >= 15 is 0 Å². The Morgan fingerprint density at radius 3 is 2.30 bits per heavy atom. The van der Waals surface area contributed by atoms with Gasteiger partial charge in [-0.3, -0.25) is 0 Å². The average Bonchev–Trinajstić information content (AvgIpc) is 2.43. The summed E-state index contributed by atoms with van der Waals surface area (Å²) in [5, 5.41) is 13.5. The van der Waals surface area contributed by atoms with Crippen molar-refractivity contribution in [2.75, 3.05) is 0 Å². The summed E-state index contributed by atoms with van der Waals surface area (Å²) in [6, 6.07) is 14.9. The zero-order valence-electron chi connectivity index (χ0n) is 12.5. The maximum Gasteiger partial charge on any atom is 0.0688 e. The predicted octanol–water partition coefficient (Wildman–Crippen LogP) is 4.71. The van der Waals surface area contributed by atoms with Gasteiger partial charge in [0.05, 0.1) is 5.60 Å². The second-order valence-electron chi connectivity index (χ2n) is 7.20. The van der Waals surface area contributed by atoms with Crippen LogP contribution in [-0.4, -0.2) is 10.7 Å². The van der Waals surface area contributed by atoms with E-state index in [1.54, 1.807) is 0 Å². The summed E-state index contributed by atoms with van der Waals surface area (Å²) in [6.07, 6.45) is 4.86. The fraction of sp³-hybridized carbons (Fsp3) is 0.474. The Labute approximate surface area is 121 Å². The van der Waals surface area contributed by atoms with Crippen molar-refractivity contribution in [1.29, 1.82) is 0 Å². The van der Waals surface area contributed by atoms with Gasteiger partial charge in [0.1, 0.15) is 0 Å². The van der Waals surface area contributed by atoms with Gasteiger partial charge in [-0.2, -0.15) is 0 Å². The zero-order chi connectivity index (χ0) is 14.2. The maximum absolute atomic E-state index is 10.9. The summed E-state index contributed by atoms with van der Waals surface area (Å²) in [6.45, 7) is 4.62. The highest BCUT2D eigenvalue weighted by molar-refractivity contribution is 5.85. The highest BCUT2D eigenvalue weighted by Crippen LogP contribution is 2.42. The maximum atomic E-state index is 10.9. The smallest absolute Gasteiger partial charge is 0.0688 e. The fourth-order valence-corrected chi connectivity index (χ4v) is 3.37. The predicted molar refractivity (Wildman–Crippen MR) is 84.9 cm³/mol. The van der Waals surface area contributed by atoms with E-state index in [0.717, 1.165) is 32.1 Å². The van der Waals surface area contributed by atoms with Crippen molar-refractivity contribution in [3.8, 4) is 0 Å². The van der Waals surface area contributed by atoms with Gasteiger partial charge in [0.25, 0.3) is 0 Å². The quantitative estimate of drug-likeness (QED) is 0.836. The minimum absolute atomic E-state index is 0.394. The van der Waals surface area contributed by atoms with Crippen molar-refractivity contribution < 1.29 is 5.11 Å². The van der Waals surface area contributed by atoms with Crippen LogP contribution < -0.4 is 0 Å². The molecular weight excluding hydrogens is 244 g/mol. The van der Waals surface area contributed by atoms with Crippen molar-refractivity contribution in [1.82, 2.24) is 0 Å². The molecule has 106 valence electrons. The van der Waals surface area contributed by atoms with Crippen molar-refractivity contribution in [3.63, 3.8) is 0 Å². The largest absolute Gasteiger partial charge is 0.390 e. The van der Waals surface area contributed by atoms with Gasteiger partial charge in [0, 0.05) is 6.42 Å². The van der Waals surface area contributed by atoms with Crippen LogP contribution in [0, 0.1) is 5.41 Å². The highest BCUT2D eigenvalue weighted by atomic mass is 16.3. The first kappa shape index (κ1) is 13.6. The first-order chi connectivity index (χ1) is 9.48. The number of hydrogen-bond acceptors (Lipinski definition) is 1. The van der Waals surface area contributed by atoms with Crippen LogP contribution in [0.25, 0.3) is 10.8 Å². The molecular formula is C19H24O. The molecule has 20 heavy (non-hydrogen) atoms. The van der Waals surface area contributed by atoms with Crippen LogP contribution in [0.5, 0.6) is 0 Å². The van der Waals surface area contributed by atoms with Crippen LogP contribution in [0.4, 0.5) is 0 Å². The van der Waals surface area contributed by atoms with E-state index in [-0.39, 0.29) is 0 Å². The van der Waals surface area contributed by atoms with E-state index in [1.165, 1.54) is 16.3 Å². The molecule has 1 heteroatoms. The highest BCUT2D eigenvalue weighted by Gasteiger charge is 2.36. The first-order valence-corrected chi connectivity index (χ1v) is 7.67. The van der Waals surface area contributed by atoms with E-state index in [4.69, 9.17) is 0 Å². The second kappa shape index (κ2) is 4.89. The topological polar surface area (TPSA) is 20.2 Å². The Morgan fingerprint density at radius 1 is 0.900 bits per heavy atom. The summed E-state index contributed by atoms with van der Waals surface area (Å²) >= 11 is 0. The van der Waals surface area contributed by atoms with Crippen molar-refractivity contribution in [2.45, 2.75) is 51.6 Å². The van der Waals surface area contributed by atoms with Crippen LogP contribution in [0.15, 0.2) is 42.5 Å². The molecule has 3 rings (SSSR count). The Balaban J connectivity index is 1.86. The van der Waals surface area contributed by atoms with Gasteiger partial charge >= 0.3 is 0 Å². The average molecular weight is 268 g/mol. The molecule has 1 aliphatic rings. The Bertz CT molecular complexity index is 597. The molecule has 1 fully saturated rings. The van der Waals surface area contributed by atoms with Gasteiger partial charge < -0.3 is 5.11 Å². The molecule has 2 aromatic carbocycles. The van der Waals surface area contributed by atoms with E-state index in [1.807, 2.05) is 0 Å². The summed E-state index contributed by atoms with van der Waals surface area (Å²) < 4.78 is 0. The van der Waals surface area contributed by atoms with E-state index in [9.17, 15) is 5.11 Å². The molecule has 0 spiro atoms. The zero-order valence-corrected chi connectivity index (χ0v) is 12.5. The molecule has 0 aromatic heterocycles. The third kappa shape index (κ3) is 2.73. The molecule has 0 amide bonds. The normalized spacial score (nSPS) is 20.9. The lowest BCUT2D eigenvalue weighted by Crippen LogP contribution is -2.38. The van der Waals surface area contributed by atoms with E-state index in [0.29, 0.717) is 5.41 Å². The monoisotopic (exact) mass is 268 g/mol. The molecule has 1 aliphatic carbocycles. The van der Waals surface area contributed by atoms with E-state index < -0.39 is 5.60 Å². The molecule has 0 bridgehead atoms. The lowest BCUT2D eigenvalue weighted by atomic mass is 9.69. The molecule has 0 saturated heterocycles. The molecule has 0 atom stereocenters. The Morgan fingerprint density at radius 2 is 1.55 bits per heavy atom. The Kier molecular flexibility index (Phi) is 3.33. The number of hydrogen-bond donors (Lipinski definition) is 1. The molecule has 2 aromatic rings. The number of aliphatic hydroxyl groups is 1. The van der Waals surface area contributed by atoms with Crippen LogP contribution in [0.3, 0.4) is 0 Å². The van der Waals surface area contributed by atoms with Crippen LogP contribution in [0.2, 0.25) is 0 Å². The molecule has 0 aliphatic heterocycles. The molecule has 1 nitrogen and oxygen atoms in total. The molecule has 1 saturated carbocycles. The van der Waals surface area contributed by atoms with Crippen molar-refractivity contribution in [3.05, 3.63) is 48.0 Å². The summed E-state index contributed by atoms with van der Waals surface area (Å²) in [5.74, 6) is 0. The second-order valence-corrected chi connectivity index (χ2v) is 7.20. The number of rotatable bonds is 2. The van der Waals surface area contributed by atoms with Crippen LogP contribution >= 0.6 is 0 Å². The lowest BCUT2D eigenvalue weighted by molar-refractivity contribution is -0.0249. The fourth-order valence-electron chi connectivity index (χ4n) is 3.37. The molecule has 0 radical (unpaired) electrons. The van der Waals surface area contributed by atoms with Gasteiger partial charge in [-0.15, -0.1) is 0 Å². The van der Waals surface area contributed by atoms with Gasteiger partial charge in [-0.05, 0) is 47.4 Å². The lowest BCUT2D eigenvalue weighted by Gasteiger charge is -2.40. The third-order valence-corrected chi connectivity index (χ3v) is 4.93. The third-order valence-electron chi connectivity index (χ3n) is 4.93. The van der Waals surface area contributed by atoms with E-state index in [2.05, 4.69) is 56.3 Å². The standard InChI is InChI=1S/C19H24O/c1-18(2)10-12-19(20,13-11-18)14-16-8-5-7-15-6-3-4-9-17(15)16/h3-9,20H,10-14H2,1-2H3. The first-order valence-electron chi connectivity index (χ1n) is 7.67. The Hall–Kier alpha value is -1.34. The minimum atomic E-state index is -0.514. The van der Waals surface area contributed by atoms with Gasteiger partial charge in [0.2, 0.25) is 0 Å².